The SMILES string of the molecule is CC1(C)C(c2ccc(C(=O)O)cc2)=CC[C@]2(C)CN(C(=O)c3ccccc3-c3nc4ccc(C(F)(F)F)cc4o3)CC=C12. The van der Waals surface area contributed by atoms with E-state index in [4.69, 9.17) is 4.42 Å². The van der Waals surface area contributed by atoms with Gasteiger partial charge in [0.25, 0.3) is 5.91 Å². The van der Waals surface area contributed by atoms with Gasteiger partial charge in [0.2, 0.25) is 5.89 Å². The second kappa shape index (κ2) is 9.97. The summed E-state index contributed by atoms with van der Waals surface area (Å²) < 4.78 is 45.4. The molecule has 220 valence electrons. The number of fused-ring (bicyclic) bond motifs is 2. The molecule has 2 heterocycles. The van der Waals surface area contributed by atoms with E-state index < -0.39 is 17.7 Å². The van der Waals surface area contributed by atoms with Gasteiger partial charge in [-0.2, -0.15) is 13.2 Å². The number of allylic oxidation sites excluding steroid dienone is 2. The molecule has 1 amide bonds. The molecular weight excluding hydrogens is 557 g/mol. The Balaban J connectivity index is 1.29. The van der Waals surface area contributed by atoms with Crippen molar-refractivity contribution in [2.24, 2.45) is 10.8 Å². The molecule has 4 aromatic rings. The fraction of sp³-hybridized carbons (Fsp3) is 0.265. The molecule has 0 fully saturated rings. The Hall–Kier alpha value is -4.66. The highest BCUT2D eigenvalue weighted by atomic mass is 19.4. The third kappa shape index (κ3) is 4.92. The molecule has 9 heteroatoms. The summed E-state index contributed by atoms with van der Waals surface area (Å²) in [4.78, 5) is 31.4. The van der Waals surface area contributed by atoms with Crippen molar-refractivity contribution in [2.45, 2.75) is 33.4 Å². The number of carboxylic acids is 1. The molecule has 1 aliphatic heterocycles. The van der Waals surface area contributed by atoms with Crippen molar-refractivity contribution in [2.75, 3.05) is 13.1 Å². The van der Waals surface area contributed by atoms with Crippen molar-refractivity contribution in [3.8, 4) is 11.5 Å². The maximum absolute atomic E-state index is 14.0. The molecule has 6 nitrogen and oxygen atoms in total. The van der Waals surface area contributed by atoms with Crippen molar-refractivity contribution in [3.63, 3.8) is 0 Å². The maximum Gasteiger partial charge on any atom is 0.416 e. The van der Waals surface area contributed by atoms with Crippen LogP contribution in [0.5, 0.6) is 0 Å². The number of aromatic nitrogens is 1. The smallest absolute Gasteiger partial charge is 0.416 e. The molecule has 0 saturated heterocycles. The lowest BCUT2D eigenvalue weighted by Gasteiger charge is -2.50. The fourth-order valence-electron chi connectivity index (χ4n) is 6.60. The van der Waals surface area contributed by atoms with Gasteiger partial charge in [0.1, 0.15) is 5.52 Å². The van der Waals surface area contributed by atoms with Crippen LogP contribution in [-0.2, 0) is 6.18 Å². The van der Waals surface area contributed by atoms with Crippen molar-refractivity contribution >= 4 is 28.5 Å². The minimum Gasteiger partial charge on any atom is -0.478 e. The van der Waals surface area contributed by atoms with Crippen LogP contribution in [0.3, 0.4) is 0 Å². The Morgan fingerprint density at radius 3 is 2.40 bits per heavy atom. The number of hydrogen-bond donors (Lipinski definition) is 1. The summed E-state index contributed by atoms with van der Waals surface area (Å²) >= 11 is 0. The Kier molecular flexibility index (Phi) is 6.60. The first kappa shape index (κ1) is 28.5. The van der Waals surface area contributed by atoms with Gasteiger partial charge in [-0.05, 0) is 60.0 Å². The summed E-state index contributed by atoms with van der Waals surface area (Å²) in [6.07, 6.45) is 0.472. The Morgan fingerprint density at radius 2 is 1.70 bits per heavy atom. The van der Waals surface area contributed by atoms with Crippen LogP contribution in [0, 0.1) is 10.8 Å². The van der Waals surface area contributed by atoms with E-state index in [1.807, 2.05) is 12.1 Å². The first-order valence-electron chi connectivity index (χ1n) is 13.9. The summed E-state index contributed by atoms with van der Waals surface area (Å²) in [5.74, 6) is -1.11. The zero-order chi connectivity index (χ0) is 30.7. The van der Waals surface area contributed by atoms with E-state index >= 15 is 0 Å². The predicted molar refractivity (Wildman–Crippen MR) is 156 cm³/mol. The third-order valence-corrected chi connectivity index (χ3v) is 8.64. The van der Waals surface area contributed by atoms with Gasteiger partial charge in [-0.25, -0.2) is 9.78 Å². The molecule has 1 N–H and O–H groups in total. The summed E-state index contributed by atoms with van der Waals surface area (Å²) in [5, 5.41) is 9.28. The number of carbonyl (C=O) groups excluding carboxylic acids is 1. The number of oxazole rings is 1. The Bertz CT molecular complexity index is 1830. The monoisotopic (exact) mass is 586 g/mol. The number of nitrogens with zero attached hydrogens (tertiary/aromatic N) is 2. The first-order chi connectivity index (χ1) is 20.3. The number of amides is 1. The molecule has 0 bridgehead atoms. The summed E-state index contributed by atoms with van der Waals surface area (Å²) in [7, 11) is 0. The van der Waals surface area contributed by atoms with Crippen LogP contribution in [0.25, 0.3) is 28.1 Å². The molecule has 2 aliphatic rings. The Morgan fingerprint density at radius 1 is 0.977 bits per heavy atom. The van der Waals surface area contributed by atoms with Gasteiger partial charge in [0.15, 0.2) is 5.58 Å². The summed E-state index contributed by atoms with van der Waals surface area (Å²) in [6.45, 7) is 7.30. The van der Waals surface area contributed by atoms with Crippen LogP contribution < -0.4 is 0 Å². The molecule has 0 saturated carbocycles. The maximum atomic E-state index is 14.0. The lowest BCUT2D eigenvalue weighted by Crippen LogP contribution is -2.48. The minimum absolute atomic E-state index is 0.00485. The predicted octanol–water partition coefficient (Wildman–Crippen LogP) is 8.11. The van der Waals surface area contributed by atoms with Crippen LogP contribution in [0.15, 0.2) is 88.9 Å². The van der Waals surface area contributed by atoms with E-state index in [0.29, 0.717) is 30.6 Å². The number of carbonyl (C=O) groups is 2. The number of hydrogen-bond acceptors (Lipinski definition) is 4. The van der Waals surface area contributed by atoms with E-state index in [1.165, 1.54) is 11.6 Å². The average molecular weight is 587 g/mol. The number of rotatable bonds is 4. The molecule has 0 unspecified atom stereocenters. The highest BCUT2D eigenvalue weighted by Crippen LogP contribution is 2.55. The summed E-state index contributed by atoms with van der Waals surface area (Å²) in [5.41, 5.74) is 3.05. The van der Waals surface area contributed by atoms with Crippen LogP contribution in [0.2, 0.25) is 0 Å². The number of aromatic carboxylic acids is 1. The molecule has 0 spiro atoms. The van der Waals surface area contributed by atoms with E-state index in [2.05, 4.69) is 37.9 Å². The number of benzene rings is 3. The summed E-state index contributed by atoms with van der Waals surface area (Å²) in [6, 6.07) is 16.9. The molecule has 6 rings (SSSR count). The molecule has 43 heavy (non-hydrogen) atoms. The highest BCUT2D eigenvalue weighted by molar-refractivity contribution is 6.00. The number of alkyl halides is 3. The van der Waals surface area contributed by atoms with Crippen LogP contribution in [-0.4, -0.2) is 40.0 Å². The highest BCUT2D eigenvalue weighted by Gasteiger charge is 2.46. The number of carboxylic acid groups (broad SMARTS) is 1. The zero-order valence-corrected chi connectivity index (χ0v) is 23.8. The lowest BCUT2D eigenvalue weighted by molar-refractivity contribution is -0.137. The van der Waals surface area contributed by atoms with Crippen LogP contribution in [0.1, 0.15) is 59.0 Å². The second-order valence-electron chi connectivity index (χ2n) is 11.9. The lowest BCUT2D eigenvalue weighted by atomic mass is 9.58. The van der Waals surface area contributed by atoms with Crippen molar-refractivity contribution in [3.05, 3.63) is 107 Å². The normalized spacial score (nSPS) is 19.9. The van der Waals surface area contributed by atoms with E-state index in [-0.39, 0.29) is 39.3 Å². The molecular formula is C34H29F3N2O4. The number of halogens is 3. The van der Waals surface area contributed by atoms with Crippen LogP contribution in [0.4, 0.5) is 13.2 Å². The first-order valence-corrected chi connectivity index (χ1v) is 13.9. The van der Waals surface area contributed by atoms with Gasteiger partial charge in [-0.15, -0.1) is 0 Å². The fourth-order valence-corrected chi connectivity index (χ4v) is 6.60. The Labute approximate surface area is 246 Å². The van der Waals surface area contributed by atoms with Crippen molar-refractivity contribution in [1.82, 2.24) is 9.88 Å². The standard InChI is InChI=1S/C34H29F3N2O4/c1-32(2)25(20-8-10-21(11-9-20)31(41)42)14-16-33(3)19-39(17-15-28(32)33)30(40)24-7-5-4-6-23(24)29-38-26-13-12-22(34(35,36)37)18-27(26)43-29/h4-15,18H,16-17,19H2,1-3H3,(H,41,42)/t33-/m1/s1. The van der Waals surface area contributed by atoms with Crippen molar-refractivity contribution in [1.29, 1.82) is 0 Å². The van der Waals surface area contributed by atoms with Gasteiger partial charge in [-0.1, -0.05) is 62.8 Å². The zero-order valence-electron chi connectivity index (χ0n) is 23.8. The molecule has 3 aromatic carbocycles. The topological polar surface area (TPSA) is 83.6 Å². The van der Waals surface area contributed by atoms with Crippen LogP contribution >= 0.6 is 0 Å². The van der Waals surface area contributed by atoms with E-state index in [9.17, 15) is 27.9 Å². The van der Waals surface area contributed by atoms with Gasteiger partial charge in [0.05, 0.1) is 16.7 Å². The third-order valence-electron chi connectivity index (χ3n) is 8.64. The minimum atomic E-state index is -4.51. The largest absolute Gasteiger partial charge is 0.478 e. The van der Waals surface area contributed by atoms with Gasteiger partial charge in [-0.3, -0.25) is 4.79 Å². The van der Waals surface area contributed by atoms with E-state index in [1.54, 1.807) is 41.3 Å². The van der Waals surface area contributed by atoms with Crippen molar-refractivity contribution < 1.29 is 32.3 Å². The molecule has 1 aromatic heterocycles. The molecule has 0 radical (unpaired) electrons. The second-order valence-corrected chi connectivity index (χ2v) is 11.9. The molecule has 1 aliphatic carbocycles. The quantitative estimate of drug-likeness (QED) is 0.244. The van der Waals surface area contributed by atoms with Gasteiger partial charge in [0, 0.05) is 29.5 Å². The average Bonchev–Trinajstić information content (AvgIpc) is 3.39. The van der Waals surface area contributed by atoms with E-state index in [0.717, 1.165) is 23.3 Å². The molecule has 1 atom stereocenters. The van der Waals surface area contributed by atoms with Gasteiger partial charge < -0.3 is 14.4 Å². The van der Waals surface area contributed by atoms with Gasteiger partial charge >= 0.3 is 12.1 Å².